The first kappa shape index (κ1) is 12.7. The van der Waals surface area contributed by atoms with Crippen LogP contribution >= 0.6 is 0 Å². The Morgan fingerprint density at radius 1 is 1.00 bits per heavy atom. The first-order chi connectivity index (χ1) is 5.69. The molecule has 0 aromatic rings. The minimum Gasteiger partial charge on any atom is -0.381 e. The molecule has 0 atom stereocenters. The van der Waals surface area contributed by atoms with E-state index in [1.807, 2.05) is 0 Å². The van der Waals surface area contributed by atoms with Gasteiger partial charge in [0.25, 0.3) is 0 Å². The summed E-state index contributed by atoms with van der Waals surface area (Å²) in [6.07, 6.45) is 2.21. The number of hydrogen-bond acceptors (Lipinski definition) is 1. The van der Waals surface area contributed by atoms with Gasteiger partial charge < -0.3 is 4.74 Å². The highest BCUT2D eigenvalue weighted by molar-refractivity contribution is 5.18. The van der Waals surface area contributed by atoms with Crippen LogP contribution in [0.2, 0.25) is 0 Å². The molecule has 0 heterocycles. The van der Waals surface area contributed by atoms with Crippen LogP contribution in [0.5, 0.6) is 0 Å². The predicted octanol–water partition coefficient (Wildman–Crippen LogP) is 3.65. The van der Waals surface area contributed by atoms with Gasteiger partial charge >= 0.3 is 0 Å². The summed E-state index contributed by atoms with van der Waals surface area (Å²) in [5, 5.41) is 0. The van der Waals surface area contributed by atoms with Gasteiger partial charge in [0.15, 0.2) is 0 Å². The zero-order valence-corrected chi connectivity index (χ0v) is 10.2. The number of methoxy groups -OCH3 is 1. The molecule has 0 rings (SSSR count). The molecule has 0 radical (unpaired) electrons. The summed E-state index contributed by atoms with van der Waals surface area (Å²) in [7, 11) is 1.74. The molecule has 0 unspecified atom stereocenters. The largest absolute Gasteiger partial charge is 0.381 e. The lowest BCUT2D eigenvalue weighted by Gasteiger charge is -2.34. The van der Waals surface area contributed by atoms with Crippen LogP contribution in [0.1, 0.15) is 41.5 Å². The highest BCUT2D eigenvalue weighted by Gasteiger charge is 2.27. The molecule has 0 aliphatic rings. The molecule has 0 aliphatic heterocycles. The summed E-state index contributed by atoms with van der Waals surface area (Å²) in [6, 6.07) is 0. The van der Waals surface area contributed by atoms with Crippen molar-refractivity contribution < 1.29 is 4.74 Å². The van der Waals surface area contributed by atoms with Crippen LogP contribution in [-0.2, 0) is 4.74 Å². The molecule has 0 saturated carbocycles. The smallest absolute Gasteiger partial charge is 0.0646 e. The van der Waals surface area contributed by atoms with E-state index in [9.17, 15) is 0 Å². The van der Waals surface area contributed by atoms with Gasteiger partial charge in [0.2, 0.25) is 0 Å². The Hall–Kier alpha value is -0.300. The molecular formula is C12H24O. The lowest BCUT2D eigenvalue weighted by molar-refractivity contribution is 0.228. The highest BCUT2D eigenvalue weighted by Crippen LogP contribution is 2.38. The maximum absolute atomic E-state index is 5.09. The van der Waals surface area contributed by atoms with Crippen LogP contribution in [0.3, 0.4) is 0 Å². The first-order valence-electron chi connectivity index (χ1n) is 4.89. The third-order valence-corrected chi connectivity index (χ3v) is 2.07. The third-order valence-electron chi connectivity index (χ3n) is 2.07. The second-order valence-corrected chi connectivity index (χ2v) is 5.57. The van der Waals surface area contributed by atoms with Gasteiger partial charge in [-0.3, -0.25) is 0 Å². The van der Waals surface area contributed by atoms with Crippen LogP contribution in [0.4, 0.5) is 0 Å². The summed E-state index contributed by atoms with van der Waals surface area (Å²) < 4.78 is 5.09. The van der Waals surface area contributed by atoms with Gasteiger partial charge in [-0.25, -0.2) is 0 Å². The number of hydrogen-bond donors (Lipinski definition) is 0. The van der Waals surface area contributed by atoms with E-state index >= 15 is 0 Å². The zero-order valence-electron chi connectivity index (χ0n) is 10.2. The van der Waals surface area contributed by atoms with Gasteiger partial charge in [-0.05, 0) is 10.8 Å². The molecule has 0 N–H and O–H groups in total. The minimum absolute atomic E-state index is 0.233. The van der Waals surface area contributed by atoms with Crippen LogP contribution in [0.25, 0.3) is 0 Å². The monoisotopic (exact) mass is 184 g/mol. The molecule has 0 bridgehead atoms. The van der Waals surface area contributed by atoms with Crippen LogP contribution in [-0.4, -0.2) is 13.7 Å². The molecule has 0 amide bonds. The van der Waals surface area contributed by atoms with Gasteiger partial charge in [-0.2, -0.15) is 0 Å². The van der Waals surface area contributed by atoms with E-state index in [2.05, 4.69) is 47.6 Å². The molecule has 0 aliphatic carbocycles. The molecule has 0 saturated heterocycles. The van der Waals surface area contributed by atoms with Crippen molar-refractivity contribution in [1.29, 1.82) is 0 Å². The Labute approximate surface area is 83.2 Å². The molecule has 78 valence electrons. The Morgan fingerprint density at radius 2 is 1.38 bits per heavy atom. The molecule has 0 aromatic heterocycles. The standard InChI is InChI=1S/C12H24O/c1-11(2,3)10(8-9-13-7)12(4,5)6/h8H,9H2,1-7H3. The fourth-order valence-corrected chi connectivity index (χ4v) is 1.90. The topological polar surface area (TPSA) is 9.23 Å². The normalized spacial score (nSPS) is 12.8. The van der Waals surface area contributed by atoms with Crippen molar-refractivity contribution in [1.82, 2.24) is 0 Å². The average Bonchev–Trinajstić information content (AvgIpc) is 1.81. The molecule has 13 heavy (non-hydrogen) atoms. The molecular weight excluding hydrogens is 160 g/mol. The zero-order chi connectivity index (χ0) is 10.7. The second-order valence-electron chi connectivity index (χ2n) is 5.57. The molecule has 0 spiro atoms. The van der Waals surface area contributed by atoms with E-state index in [4.69, 9.17) is 4.74 Å². The molecule has 0 aromatic carbocycles. The lowest BCUT2D eigenvalue weighted by Crippen LogP contribution is -2.22. The summed E-state index contributed by atoms with van der Waals surface area (Å²) in [6.45, 7) is 14.2. The summed E-state index contributed by atoms with van der Waals surface area (Å²) in [5.41, 5.74) is 1.93. The lowest BCUT2D eigenvalue weighted by atomic mass is 9.72. The van der Waals surface area contributed by atoms with E-state index in [-0.39, 0.29) is 10.8 Å². The fraction of sp³-hybridized carbons (Fsp3) is 0.833. The van der Waals surface area contributed by atoms with Gasteiger partial charge in [0.05, 0.1) is 6.61 Å². The first-order valence-corrected chi connectivity index (χ1v) is 4.89. The predicted molar refractivity (Wildman–Crippen MR) is 58.9 cm³/mol. The summed E-state index contributed by atoms with van der Waals surface area (Å²) in [5.74, 6) is 0. The molecule has 1 nitrogen and oxygen atoms in total. The number of rotatable bonds is 2. The van der Waals surface area contributed by atoms with Crippen molar-refractivity contribution in [3.8, 4) is 0 Å². The third kappa shape index (κ3) is 4.47. The van der Waals surface area contributed by atoms with Crippen molar-refractivity contribution in [2.75, 3.05) is 13.7 Å². The van der Waals surface area contributed by atoms with E-state index in [1.165, 1.54) is 5.57 Å². The van der Waals surface area contributed by atoms with E-state index in [0.717, 1.165) is 0 Å². The SMILES string of the molecule is COCC=C(C(C)(C)C)C(C)(C)C. The van der Waals surface area contributed by atoms with E-state index in [0.29, 0.717) is 6.61 Å². The number of allylic oxidation sites excluding steroid dienone is 1. The maximum atomic E-state index is 5.09. The number of ether oxygens (including phenoxy) is 1. The minimum atomic E-state index is 0.233. The summed E-state index contributed by atoms with van der Waals surface area (Å²) in [4.78, 5) is 0. The van der Waals surface area contributed by atoms with Gasteiger partial charge in [0, 0.05) is 7.11 Å². The Kier molecular flexibility index (Phi) is 4.18. The molecule has 0 fully saturated rings. The van der Waals surface area contributed by atoms with Crippen molar-refractivity contribution >= 4 is 0 Å². The summed E-state index contributed by atoms with van der Waals surface area (Å²) >= 11 is 0. The van der Waals surface area contributed by atoms with Crippen molar-refractivity contribution in [3.05, 3.63) is 11.6 Å². The van der Waals surface area contributed by atoms with Crippen LogP contribution < -0.4 is 0 Å². The average molecular weight is 184 g/mol. The van der Waals surface area contributed by atoms with E-state index in [1.54, 1.807) is 7.11 Å². The quantitative estimate of drug-likeness (QED) is 0.595. The maximum Gasteiger partial charge on any atom is 0.0646 e. The van der Waals surface area contributed by atoms with Gasteiger partial charge in [-0.1, -0.05) is 53.2 Å². The highest BCUT2D eigenvalue weighted by atomic mass is 16.5. The second kappa shape index (κ2) is 4.28. The van der Waals surface area contributed by atoms with Crippen molar-refractivity contribution in [3.63, 3.8) is 0 Å². The van der Waals surface area contributed by atoms with Crippen molar-refractivity contribution in [2.24, 2.45) is 10.8 Å². The molecule has 1 heteroatoms. The van der Waals surface area contributed by atoms with E-state index < -0.39 is 0 Å². The van der Waals surface area contributed by atoms with Crippen LogP contribution in [0.15, 0.2) is 11.6 Å². The van der Waals surface area contributed by atoms with Crippen LogP contribution in [0, 0.1) is 10.8 Å². The Bertz CT molecular complexity index is 160. The van der Waals surface area contributed by atoms with Gasteiger partial charge in [0.1, 0.15) is 0 Å². The Balaban J connectivity index is 4.78. The van der Waals surface area contributed by atoms with Gasteiger partial charge in [-0.15, -0.1) is 0 Å². The van der Waals surface area contributed by atoms with Crippen molar-refractivity contribution in [2.45, 2.75) is 41.5 Å². The fourth-order valence-electron chi connectivity index (χ4n) is 1.90. The Morgan fingerprint density at radius 3 is 1.62 bits per heavy atom.